The highest BCUT2D eigenvalue weighted by Crippen LogP contribution is 2.28. The van der Waals surface area contributed by atoms with Gasteiger partial charge in [0.15, 0.2) is 15.8 Å². The monoisotopic (exact) mass is 357 g/mol. The van der Waals surface area contributed by atoms with Crippen molar-refractivity contribution in [3.63, 3.8) is 0 Å². The third-order valence-electron chi connectivity index (χ3n) is 5.35. The minimum Gasteiger partial charge on any atom is -0.354 e. The lowest BCUT2D eigenvalue weighted by atomic mass is 9.80. The molecule has 2 aliphatic rings. The molecule has 0 bridgehead atoms. The topological polar surface area (TPSA) is 70.6 Å². The predicted octanol–water partition coefficient (Wildman–Crippen LogP) is 2.58. The van der Waals surface area contributed by atoms with E-state index in [1.165, 1.54) is 19.3 Å². The summed E-state index contributed by atoms with van der Waals surface area (Å²) in [7, 11) is -2.82. The summed E-state index contributed by atoms with van der Waals surface area (Å²) in [5, 5.41) is 7.09. The van der Waals surface area contributed by atoms with Gasteiger partial charge in [-0.3, -0.25) is 4.99 Å². The molecule has 2 fully saturated rings. The fraction of sp³-hybridized carbons (Fsp3) is 0.944. The molecule has 4 atom stereocenters. The Labute approximate surface area is 148 Å². The molecule has 1 aliphatic carbocycles. The summed E-state index contributed by atoms with van der Waals surface area (Å²) >= 11 is 0. The Morgan fingerprint density at radius 1 is 1.21 bits per heavy atom. The van der Waals surface area contributed by atoms with Crippen molar-refractivity contribution >= 4 is 15.8 Å². The lowest BCUT2D eigenvalue weighted by Gasteiger charge is -2.33. The van der Waals surface area contributed by atoms with Crippen molar-refractivity contribution in [3.8, 4) is 0 Å². The largest absolute Gasteiger partial charge is 0.354 e. The first-order chi connectivity index (χ1) is 11.3. The number of rotatable bonds is 5. The van der Waals surface area contributed by atoms with Crippen LogP contribution in [-0.4, -0.2) is 44.5 Å². The fourth-order valence-corrected chi connectivity index (χ4v) is 5.81. The SMILES string of the molecule is CCC(C)NC(=NCC1CCS(=O)(=O)C1)NC1CC(C)CC(C)C1. The van der Waals surface area contributed by atoms with E-state index in [2.05, 4.69) is 38.3 Å². The van der Waals surface area contributed by atoms with Gasteiger partial charge >= 0.3 is 0 Å². The van der Waals surface area contributed by atoms with E-state index in [0.717, 1.165) is 30.6 Å². The van der Waals surface area contributed by atoms with Crippen LogP contribution in [0.15, 0.2) is 4.99 Å². The zero-order valence-electron chi connectivity index (χ0n) is 15.7. The zero-order valence-corrected chi connectivity index (χ0v) is 16.5. The van der Waals surface area contributed by atoms with Gasteiger partial charge in [0.1, 0.15) is 0 Å². The minimum atomic E-state index is -2.82. The highest BCUT2D eigenvalue weighted by Gasteiger charge is 2.28. The Bertz CT molecular complexity index is 522. The smallest absolute Gasteiger partial charge is 0.191 e. The second-order valence-electron chi connectivity index (χ2n) is 8.17. The Morgan fingerprint density at radius 2 is 1.88 bits per heavy atom. The molecule has 0 radical (unpaired) electrons. The molecule has 2 N–H and O–H groups in total. The van der Waals surface area contributed by atoms with E-state index in [1.807, 2.05) is 0 Å². The van der Waals surface area contributed by atoms with Crippen LogP contribution >= 0.6 is 0 Å². The van der Waals surface area contributed by atoms with Crippen molar-refractivity contribution in [2.24, 2.45) is 22.7 Å². The van der Waals surface area contributed by atoms with E-state index in [0.29, 0.717) is 30.1 Å². The normalized spacial score (nSPS) is 34.8. The molecule has 6 heteroatoms. The molecule has 0 aromatic carbocycles. The van der Waals surface area contributed by atoms with Gasteiger partial charge in [-0.15, -0.1) is 0 Å². The zero-order chi connectivity index (χ0) is 17.7. The van der Waals surface area contributed by atoms with Gasteiger partial charge in [-0.05, 0) is 56.8 Å². The molecule has 1 saturated heterocycles. The molecule has 24 heavy (non-hydrogen) atoms. The molecule has 4 unspecified atom stereocenters. The molecule has 140 valence electrons. The van der Waals surface area contributed by atoms with Crippen LogP contribution in [0, 0.1) is 17.8 Å². The van der Waals surface area contributed by atoms with Crippen LogP contribution < -0.4 is 10.6 Å². The molecule has 0 aromatic heterocycles. The molecule has 0 amide bonds. The summed E-state index contributed by atoms with van der Waals surface area (Å²) in [5.74, 6) is 3.15. The average molecular weight is 358 g/mol. The first kappa shape index (κ1) is 19.5. The minimum absolute atomic E-state index is 0.176. The van der Waals surface area contributed by atoms with Crippen molar-refractivity contribution in [2.45, 2.75) is 71.9 Å². The molecule has 5 nitrogen and oxygen atoms in total. The Kier molecular flexibility index (Phi) is 6.96. The molecule has 0 spiro atoms. The summed E-state index contributed by atoms with van der Waals surface area (Å²) in [6, 6.07) is 0.827. The van der Waals surface area contributed by atoms with E-state index >= 15 is 0 Å². The predicted molar refractivity (Wildman–Crippen MR) is 101 cm³/mol. The maximum Gasteiger partial charge on any atom is 0.191 e. The first-order valence-corrected chi connectivity index (χ1v) is 11.4. The van der Waals surface area contributed by atoms with E-state index in [1.54, 1.807) is 0 Å². The summed E-state index contributed by atoms with van der Waals surface area (Å²) in [6.07, 6.45) is 5.46. The van der Waals surface area contributed by atoms with E-state index in [-0.39, 0.29) is 5.92 Å². The average Bonchev–Trinajstić information content (AvgIpc) is 2.83. The Morgan fingerprint density at radius 3 is 2.42 bits per heavy atom. The highest BCUT2D eigenvalue weighted by molar-refractivity contribution is 7.91. The first-order valence-electron chi connectivity index (χ1n) is 9.55. The van der Waals surface area contributed by atoms with Gasteiger partial charge in [-0.1, -0.05) is 20.8 Å². The lowest BCUT2D eigenvalue weighted by Crippen LogP contribution is -2.48. The number of nitrogens with zero attached hydrogens (tertiary/aromatic N) is 1. The van der Waals surface area contributed by atoms with Gasteiger partial charge in [0.2, 0.25) is 0 Å². The van der Waals surface area contributed by atoms with Gasteiger partial charge in [0.25, 0.3) is 0 Å². The van der Waals surface area contributed by atoms with Crippen LogP contribution in [0.5, 0.6) is 0 Å². The van der Waals surface area contributed by atoms with Crippen molar-refractivity contribution in [2.75, 3.05) is 18.1 Å². The van der Waals surface area contributed by atoms with Crippen molar-refractivity contribution in [1.82, 2.24) is 10.6 Å². The van der Waals surface area contributed by atoms with Crippen LogP contribution in [0.3, 0.4) is 0 Å². The Balaban J connectivity index is 1.97. The third-order valence-corrected chi connectivity index (χ3v) is 7.19. The van der Waals surface area contributed by atoms with Gasteiger partial charge in [0, 0.05) is 18.6 Å². The molecule has 1 saturated carbocycles. The molecule has 2 rings (SSSR count). The van der Waals surface area contributed by atoms with Crippen LogP contribution in [-0.2, 0) is 9.84 Å². The number of guanidine groups is 1. The van der Waals surface area contributed by atoms with Gasteiger partial charge in [0.05, 0.1) is 11.5 Å². The van der Waals surface area contributed by atoms with Gasteiger partial charge < -0.3 is 10.6 Å². The van der Waals surface area contributed by atoms with Crippen LogP contribution in [0.4, 0.5) is 0 Å². The van der Waals surface area contributed by atoms with Crippen molar-refractivity contribution in [1.29, 1.82) is 0 Å². The Hall–Kier alpha value is -0.780. The molecule has 0 aromatic rings. The van der Waals surface area contributed by atoms with Gasteiger partial charge in [-0.2, -0.15) is 0 Å². The van der Waals surface area contributed by atoms with E-state index in [9.17, 15) is 8.42 Å². The quantitative estimate of drug-likeness (QED) is 0.586. The highest BCUT2D eigenvalue weighted by atomic mass is 32.2. The molecular weight excluding hydrogens is 322 g/mol. The number of aliphatic imine (C=N–C) groups is 1. The maximum absolute atomic E-state index is 11.6. The van der Waals surface area contributed by atoms with E-state index in [4.69, 9.17) is 4.99 Å². The number of nitrogens with one attached hydrogen (secondary N) is 2. The standard InChI is InChI=1S/C18H35N3O2S/c1-5-15(4)20-18(19-11-16-6-7-24(22,23)12-16)21-17-9-13(2)8-14(3)10-17/h13-17H,5-12H2,1-4H3,(H2,19,20,21). The summed E-state index contributed by atoms with van der Waals surface area (Å²) in [6.45, 7) is 9.56. The summed E-state index contributed by atoms with van der Waals surface area (Å²) in [5.41, 5.74) is 0. The second kappa shape index (κ2) is 8.54. The number of hydrogen-bond donors (Lipinski definition) is 2. The summed E-state index contributed by atoms with van der Waals surface area (Å²) < 4.78 is 23.2. The van der Waals surface area contributed by atoms with Crippen LogP contribution in [0.1, 0.15) is 59.8 Å². The fourth-order valence-electron chi connectivity index (χ4n) is 3.96. The van der Waals surface area contributed by atoms with Crippen LogP contribution in [0.25, 0.3) is 0 Å². The molecule has 1 heterocycles. The summed E-state index contributed by atoms with van der Waals surface area (Å²) in [4.78, 5) is 4.73. The second-order valence-corrected chi connectivity index (χ2v) is 10.4. The third kappa shape index (κ3) is 6.26. The number of hydrogen-bond acceptors (Lipinski definition) is 3. The molecular formula is C18H35N3O2S. The van der Waals surface area contributed by atoms with E-state index < -0.39 is 9.84 Å². The maximum atomic E-state index is 11.6. The molecule has 1 aliphatic heterocycles. The van der Waals surface area contributed by atoms with Gasteiger partial charge in [-0.25, -0.2) is 8.42 Å². The van der Waals surface area contributed by atoms with Crippen molar-refractivity contribution in [3.05, 3.63) is 0 Å². The van der Waals surface area contributed by atoms with Crippen molar-refractivity contribution < 1.29 is 8.42 Å². The van der Waals surface area contributed by atoms with Crippen LogP contribution in [0.2, 0.25) is 0 Å². The number of sulfone groups is 1. The lowest BCUT2D eigenvalue weighted by molar-refractivity contribution is 0.254.